The first-order chi connectivity index (χ1) is 18.6. The van der Waals surface area contributed by atoms with Gasteiger partial charge in [0.1, 0.15) is 40.7 Å². The first kappa shape index (κ1) is 26.5. The number of alkyl halides is 1. The van der Waals surface area contributed by atoms with E-state index in [2.05, 4.69) is 46.3 Å². The molecule has 0 saturated carbocycles. The summed E-state index contributed by atoms with van der Waals surface area (Å²) < 4.78 is 16.4. The van der Waals surface area contributed by atoms with Gasteiger partial charge in [-0.3, -0.25) is 24.0 Å². The summed E-state index contributed by atoms with van der Waals surface area (Å²) >= 11 is 3.27. The number of nitrogens with zero attached hydrogens (tertiary/aromatic N) is 7. The van der Waals surface area contributed by atoms with E-state index >= 15 is 0 Å². The molecule has 5 heterocycles. The summed E-state index contributed by atoms with van der Waals surface area (Å²) in [6, 6.07) is 4.20. The van der Waals surface area contributed by atoms with Gasteiger partial charge in [0, 0.05) is 36.7 Å². The summed E-state index contributed by atoms with van der Waals surface area (Å²) in [5.41, 5.74) is 2.56. The standard InChI is InChI=1S/C26H24BrFN8O3/c1-13-4-5-22(27)32-25(13)33-26(39)20-6-17(28)11-35(20)23(38)12-36-21-10-31-19(16-8-29-15(3)30-9-16)7-18(21)24(34-36)14(2)37/h4-5,7-10,17,20H,6,11-12H2,1-3H3,(H,32,33,39)/t17-,20+/m1/s1. The number of pyridine rings is 2. The van der Waals surface area contributed by atoms with Crippen molar-refractivity contribution >= 4 is 50.2 Å². The first-order valence-electron chi connectivity index (χ1n) is 12.1. The van der Waals surface area contributed by atoms with E-state index in [0.717, 1.165) is 5.56 Å². The van der Waals surface area contributed by atoms with Crippen molar-refractivity contribution in [1.82, 2.24) is 34.6 Å². The topological polar surface area (TPSA) is 136 Å². The monoisotopic (exact) mass is 594 g/mol. The quantitative estimate of drug-likeness (QED) is 0.265. The van der Waals surface area contributed by atoms with E-state index < -0.39 is 24.0 Å². The Morgan fingerprint density at radius 3 is 2.59 bits per heavy atom. The van der Waals surface area contributed by atoms with Gasteiger partial charge in [-0.05, 0) is 47.5 Å². The average Bonchev–Trinajstić information content (AvgIpc) is 3.47. The fourth-order valence-electron chi connectivity index (χ4n) is 4.49. The van der Waals surface area contributed by atoms with Crippen molar-refractivity contribution in [2.24, 2.45) is 0 Å². The fourth-order valence-corrected chi connectivity index (χ4v) is 4.80. The highest BCUT2D eigenvalue weighted by Gasteiger charge is 2.40. The van der Waals surface area contributed by atoms with Gasteiger partial charge in [-0.15, -0.1) is 0 Å². The average molecular weight is 595 g/mol. The van der Waals surface area contributed by atoms with Crippen LogP contribution in [-0.4, -0.2) is 71.0 Å². The van der Waals surface area contributed by atoms with Crippen LogP contribution in [0.2, 0.25) is 0 Å². The number of anilines is 1. The Balaban J connectivity index is 1.41. The van der Waals surface area contributed by atoms with E-state index in [0.29, 0.717) is 38.4 Å². The largest absolute Gasteiger partial charge is 0.326 e. The van der Waals surface area contributed by atoms with E-state index in [9.17, 15) is 18.8 Å². The van der Waals surface area contributed by atoms with Gasteiger partial charge in [0.25, 0.3) is 0 Å². The van der Waals surface area contributed by atoms with Crippen LogP contribution in [0.4, 0.5) is 10.2 Å². The van der Waals surface area contributed by atoms with Crippen LogP contribution in [0.5, 0.6) is 0 Å². The number of aromatic nitrogens is 6. The zero-order valence-corrected chi connectivity index (χ0v) is 22.9. The molecule has 0 aromatic carbocycles. The molecule has 0 bridgehead atoms. The number of fused-ring (bicyclic) bond motifs is 1. The molecule has 4 aromatic heterocycles. The summed E-state index contributed by atoms with van der Waals surface area (Å²) in [6.45, 7) is 4.41. The van der Waals surface area contributed by atoms with Crippen LogP contribution in [0, 0.1) is 13.8 Å². The van der Waals surface area contributed by atoms with Gasteiger partial charge in [0.15, 0.2) is 5.78 Å². The number of halogens is 2. The number of hydrogen-bond acceptors (Lipinski definition) is 8. The minimum atomic E-state index is -1.36. The lowest BCUT2D eigenvalue weighted by atomic mass is 10.1. The molecule has 11 nitrogen and oxygen atoms in total. The van der Waals surface area contributed by atoms with Crippen LogP contribution in [-0.2, 0) is 16.1 Å². The number of carbonyl (C=O) groups excluding carboxylic acids is 3. The van der Waals surface area contributed by atoms with E-state index in [1.807, 2.05) is 0 Å². The molecule has 0 unspecified atom stereocenters. The highest BCUT2D eigenvalue weighted by atomic mass is 79.9. The van der Waals surface area contributed by atoms with Gasteiger partial charge in [0.2, 0.25) is 11.8 Å². The number of ketones is 1. The number of Topliss-reactive ketones (excluding diaryl/α,β-unsaturated/α-hetero) is 1. The molecule has 13 heteroatoms. The number of rotatable bonds is 6. The number of carbonyl (C=O) groups is 3. The zero-order valence-electron chi connectivity index (χ0n) is 21.4. The molecular weight excluding hydrogens is 571 g/mol. The van der Waals surface area contributed by atoms with Gasteiger partial charge in [-0.25, -0.2) is 19.3 Å². The van der Waals surface area contributed by atoms with Crippen molar-refractivity contribution in [1.29, 1.82) is 0 Å². The Hall–Kier alpha value is -4.13. The molecule has 0 aliphatic carbocycles. The molecule has 1 saturated heterocycles. The van der Waals surface area contributed by atoms with Crippen molar-refractivity contribution in [3.63, 3.8) is 0 Å². The second-order valence-electron chi connectivity index (χ2n) is 9.35. The molecule has 1 N–H and O–H groups in total. The van der Waals surface area contributed by atoms with E-state index in [1.165, 1.54) is 22.7 Å². The fraction of sp³-hybridized carbons (Fsp3) is 0.308. The van der Waals surface area contributed by atoms with Crippen LogP contribution in [0.1, 0.15) is 35.2 Å². The maximum atomic E-state index is 14.5. The van der Waals surface area contributed by atoms with E-state index in [1.54, 1.807) is 44.4 Å². The second kappa shape index (κ2) is 10.6. The molecule has 2 atom stereocenters. The van der Waals surface area contributed by atoms with Gasteiger partial charge < -0.3 is 10.2 Å². The van der Waals surface area contributed by atoms with Crippen LogP contribution in [0.25, 0.3) is 22.2 Å². The maximum absolute atomic E-state index is 14.5. The van der Waals surface area contributed by atoms with Gasteiger partial charge in [-0.2, -0.15) is 5.10 Å². The lowest BCUT2D eigenvalue weighted by Gasteiger charge is -2.24. The predicted octanol–water partition coefficient (Wildman–Crippen LogP) is 3.44. The number of aryl methyl sites for hydroxylation is 2. The van der Waals surface area contributed by atoms with E-state index in [-0.39, 0.29) is 31.0 Å². The van der Waals surface area contributed by atoms with Crippen LogP contribution in [0.3, 0.4) is 0 Å². The summed E-state index contributed by atoms with van der Waals surface area (Å²) in [5, 5.41) is 7.58. The summed E-state index contributed by atoms with van der Waals surface area (Å²) in [4.78, 5) is 57.1. The Bertz CT molecular complexity index is 1610. The molecule has 2 amide bonds. The van der Waals surface area contributed by atoms with Gasteiger partial charge in [0.05, 0.1) is 24.0 Å². The molecule has 1 aliphatic rings. The molecule has 0 spiro atoms. The molecule has 4 aromatic rings. The van der Waals surface area contributed by atoms with E-state index in [4.69, 9.17) is 0 Å². The third-order valence-corrected chi connectivity index (χ3v) is 6.95. The SMILES string of the molecule is CC(=O)c1nn(CC(=O)N2C[C@H](F)C[C@H]2C(=O)Nc2nc(Br)ccc2C)c2cnc(-c3cnc(C)nc3)cc12. The smallest absolute Gasteiger partial charge is 0.248 e. The minimum absolute atomic E-state index is 0.132. The van der Waals surface area contributed by atoms with Gasteiger partial charge >= 0.3 is 0 Å². The number of amides is 2. The first-order valence-corrected chi connectivity index (χ1v) is 12.9. The molecule has 1 aliphatic heterocycles. The lowest BCUT2D eigenvalue weighted by Crippen LogP contribution is -2.44. The number of nitrogens with one attached hydrogen (secondary N) is 1. The Morgan fingerprint density at radius 1 is 1.13 bits per heavy atom. The zero-order chi connectivity index (χ0) is 27.8. The van der Waals surface area contributed by atoms with Crippen molar-refractivity contribution in [2.75, 3.05) is 11.9 Å². The Kier molecular flexibility index (Phi) is 7.17. The third-order valence-electron chi connectivity index (χ3n) is 6.51. The highest BCUT2D eigenvalue weighted by Crippen LogP contribution is 2.27. The van der Waals surface area contributed by atoms with Crippen LogP contribution in [0.15, 0.2) is 41.4 Å². The molecule has 200 valence electrons. The molecule has 5 rings (SSSR count). The highest BCUT2D eigenvalue weighted by molar-refractivity contribution is 9.10. The Morgan fingerprint density at radius 2 is 1.87 bits per heavy atom. The molecule has 1 fully saturated rings. The predicted molar refractivity (Wildman–Crippen MR) is 144 cm³/mol. The third kappa shape index (κ3) is 5.39. The van der Waals surface area contributed by atoms with Crippen LogP contribution >= 0.6 is 15.9 Å². The molecular formula is C26H24BrFN8O3. The number of likely N-dealkylation sites (tertiary alicyclic amines) is 1. The molecule has 39 heavy (non-hydrogen) atoms. The summed E-state index contributed by atoms with van der Waals surface area (Å²) in [5.74, 6) is -0.386. The minimum Gasteiger partial charge on any atom is -0.326 e. The summed E-state index contributed by atoms with van der Waals surface area (Å²) in [7, 11) is 0. The molecule has 0 radical (unpaired) electrons. The Labute approximate surface area is 231 Å². The second-order valence-corrected chi connectivity index (χ2v) is 10.2. The lowest BCUT2D eigenvalue weighted by molar-refractivity contribution is -0.137. The van der Waals surface area contributed by atoms with Crippen LogP contribution < -0.4 is 5.32 Å². The van der Waals surface area contributed by atoms with Crippen molar-refractivity contribution in [3.8, 4) is 11.3 Å². The number of hydrogen-bond donors (Lipinski definition) is 1. The van der Waals surface area contributed by atoms with Gasteiger partial charge in [-0.1, -0.05) is 6.07 Å². The maximum Gasteiger partial charge on any atom is 0.248 e. The van der Waals surface area contributed by atoms with Crippen molar-refractivity contribution in [2.45, 2.75) is 46.0 Å². The normalized spacial score (nSPS) is 17.0. The summed E-state index contributed by atoms with van der Waals surface area (Å²) in [6.07, 6.45) is 3.30. The van der Waals surface area contributed by atoms with Crippen molar-refractivity contribution in [3.05, 3.63) is 58.5 Å². The van der Waals surface area contributed by atoms with Crippen molar-refractivity contribution < 1.29 is 18.8 Å².